The van der Waals surface area contributed by atoms with Crippen LogP contribution in [0.15, 0.2) is 182 Å². The first-order valence-electron chi connectivity index (χ1n) is 21.7. The third kappa shape index (κ3) is 12.0. The lowest BCUT2D eigenvalue weighted by molar-refractivity contribution is -0.143. The van der Waals surface area contributed by atoms with Gasteiger partial charge in [-0.3, -0.25) is 24.0 Å². The number of amides is 4. The second-order valence-electron chi connectivity index (χ2n) is 15.9. The number of thioether (sulfide) groups is 1. The van der Waals surface area contributed by atoms with Crippen LogP contribution >= 0.6 is 11.8 Å². The van der Waals surface area contributed by atoms with Crippen LogP contribution in [-0.4, -0.2) is 75.7 Å². The molecule has 4 atom stereocenters. The van der Waals surface area contributed by atoms with Crippen LogP contribution in [0.25, 0.3) is 0 Å². The Morgan fingerprint density at radius 3 is 1.21 bits per heavy atom. The van der Waals surface area contributed by atoms with E-state index in [1.165, 1.54) is 18.7 Å². The maximum Gasteiger partial charge on any atom is 0.326 e. The minimum Gasteiger partial charge on any atom is -0.481 e. The average Bonchev–Trinajstić information content (AvgIpc) is 3.35. The molecule has 4 amide bonds. The summed E-state index contributed by atoms with van der Waals surface area (Å²) in [5.74, 6) is -6.18. The van der Waals surface area contributed by atoms with E-state index in [1.807, 2.05) is 182 Å². The molecule has 0 spiro atoms. The van der Waals surface area contributed by atoms with Gasteiger partial charge in [-0.15, -0.1) is 11.8 Å². The number of hydrogen-bond acceptors (Lipinski definition) is 8. The fourth-order valence-electron chi connectivity index (χ4n) is 7.97. The summed E-state index contributed by atoms with van der Waals surface area (Å²) in [4.78, 5) is 81.1. The number of carbonyl (C=O) groups excluding carboxylic acids is 4. The maximum absolute atomic E-state index is 14.8. The fraction of sp³-hybridized carbons (Fsp3) is 0.208. The van der Waals surface area contributed by atoms with E-state index in [0.717, 1.165) is 16.7 Å². The topological polar surface area (TPSA) is 217 Å². The summed E-state index contributed by atoms with van der Waals surface area (Å²) in [5, 5.41) is 30.4. The van der Waals surface area contributed by atoms with Crippen LogP contribution in [-0.2, 0) is 39.1 Å². The molecular formula is C53H53N5O8S. The van der Waals surface area contributed by atoms with Gasteiger partial charge in [-0.05, 0) is 46.7 Å². The van der Waals surface area contributed by atoms with Gasteiger partial charge in [0.2, 0.25) is 23.6 Å². The SMILES string of the molecule is C[C@H](N)C(=O)N[C@@H](CC(=O)NC(c1ccccc1)(c1ccccc1)c1ccccc1)C(=O)N[C@@H](CSC(c1ccccc1)(c1ccccc1)c1ccccc1)C(=O)N[C@@H](CCC(=O)O)C(=O)O. The highest BCUT2D eigenvalue weighted by atomic mass is 32.2. The highest BCUT2D eigenvalue weighted by molar-refractivity contribution is 8.00. The van der Waals surface area contributed by atoms with E-state index < -0.39 is 89.3 Å². The Morgan fingerprint density at radius 1 is 0.507 bits per heavy atom. The van der Waals surface area contributed by atoms with Gasteiger partial charge in [0.25, 0.3) is 0 Å². The zero-order valence-corrected chi connectivity index (χ0v) is 37.6. The van der Waals surface area contributed by atoms with E-state index >= 15 is 0 Å². The third-order valence-corrected chi connectivity index (χ3v) is 12.9. The smallest absolute Gasteiger partial charge is 0.326 e. The quantitative estimate of drug-likeness (QED) is 0.0397. The molecule has 344 valence electrons. The average molecular weight is 920 g/mol. The van der Waals surface area contributed by atoms with Gasteiger partial charge in [-0.1, -0.05) is 182 Å². The van der Waals surface area contributed by atoms with Crippen LogP contribution in [0.2, 0.25) is 0 Å². The molecule has 0 unspecified atom stereocenters. The number of nitrogens with one attached hydrogen (secondary N) is 4. The van der Waals surface area contributed by atoms with E-state index in [1.54, 1.807) is 0 Å². The molecular weight excluding hydrogens is 867 g/mol. The number of hydrogen-bond donors (Lipinski definition) is 7. The third-order valence-electron chi connectivity index (χ3n) is 11.3. The van der Waals surface area contributed by atoms with Gasteiger partial charge in [-0.2, -0.15) is 0 Å². The van der Waals surface area contributed by atoms with Crippen LogP contribution in [0.3, 0.4) is 0 Å². The van der Waals surface area contributed by atoms with Crippen molar-refractivity contribution in [2.24, 2.45) is 5.73 Å². The second-order valence-corrected chi connectivity index (χ2v) is 17.2. The summed E-state index contributed by atoms with van der Waals surface area (Å²) in [6.07, 6.45) is -1.61. The summed E-state index contributed by atoms with van der Waals surface area (Å²) >= 11 is 1.30. The molecule has 0 heterocycles. The van der Waals surface area contributed by atoms with Gasteiger partial charge in [0.1, 0.15) is 23.7 Å². The minimum atomic E-state index is -1.63. The molecule has 6 aromatic rings. The molecule has 6 rings (SSSR count). The van der Waals surface area contributed by atoms with Crippen molar-refractivity contribution in [1.82, 2.24) is 21.3 Å². The first-order chi connectivity index (χ1) is 32.3. The minimum absolute atomic E-state index is 0.180. The molecule has 0 aliphatic carbocycles. The Hall–Kier alpha value is -7.55. The number of rotatable bonds is 22. The van der Waals surface area contributed by atoms with Crippen molar-refractivity contribution in [3.8, 4) is 0 Å². The van der Waals surface area contributed by atoms with Crippen molar-refractivity contribution in [3.63, 3.8) is 0 Å². The van der Waals surface area contributed by atoms with E-state index in [9.17, 15) is 39.0 Å². The van der Waals surface area contributed by atoms with Crippen LogP contribution in [0, 0.1) is 0 Å². The molecule has 0 aromatic heterocycles. The highest BCUT2D eigenvalue weighted by Crippen LogP contribution is 2.48. The number of carboxylic acids is 2. The Kier molecular flexibility index (Phi) is 16.8. The zero-order valence-electron chi connectivity index (χ0n) is 36.8. The second kappa shape index (κ2) is 23.1. The summed E-state index contributed by atoms with van der Waals surface area (Å²) in [6.45, 7) is 1.42. The molecule has 0 bridgehead atoms. The fourth-order valence-corrected chi connectivity index (χ4v) is 9.53. The lowest BCUT2D eigenvalue weighted by Gasteiger charge is -2.37. The van der Waals surface area contributed by atoms with Crippen LogP contribution < -0.4 is 27.0 Å². The molecule has 0 radical (unpaired) electrons. The summed E-state index contributed by atoms with van der Waals surface area (Å²) < 4.78 is -0.999. The van der Waals surface area contributed by atoms with Gasteiger partial charge >= 0.3 is 11.9 Å². The van der Waals surface area contributed by atoms with E-state index in [0.29, 0.717) is 16.7 Å². The molecule has 0 aliphatic heterocycles. The van der Waals surface area contributed by atoms with Gasteiger partial charge < -0.3 is 37.2 Å². The molecule has 13 nitrogen and oxygen atoms in total. The monoisotopic (exact) mass is 919 g/mol. The lowest BCUT2D eigenvalue weighted by Crippen LogP contribution is -2.59. The molecule has 14 heteroatoms. The predicted octanol–water partition coefficient (Wildman–Crippen LogP) is 5.96. The molecule has 0 saturated heterocycles. The van der Waals surface area contributed by atoms with Gasteiger partial charge in [0.05, 0.1) is 17.2 Å². The molecule has 67 heavy (non-hydrogen) atoms. The molecule has 8 N–H and O–H groups in total. The molecule has 0 fully saturated rings. The standard InChI is InChI=1S/C53H53N5O8S/c1-36(54)48(62)56-44(34-46(59)58-52(37-20-8-2-9-21-37,38-22-10-3-11-23-38)39-24-12-4-13-25-39)49(63)57-45(50(64)55-43(51(65)66)32-33-47(60)61)35-67-53(40-26-14-5-15-27-40,41-28-16-6-17-29-41)42-30-18-7-19-31-42/h2-31,36,43-45H,32-35,54H2,1H3,(H,55,64)(H,56,62)(H,57,63)(H,58,59)(H,60,61)(H,65,66)/t36-,43-,44-,45-/m0/s1. The first kappa shape index (κ1) is 48.9. The van der Waals surface area contributed by atoms with Crippen molar-refractivity contribution in [2.45, 2.75) is 60.6 Å². The first-order valence-corrected chi connectivity index (χ1v) is 22.7. The Bertz CT molecular complexity index is 2400. The molecule has 6 aromatic carbocycles. The van der Waals surface area contributed by atoms with Gasteiger partial charge in [-0.25, -0.2) is 4.79 Å². The highest BCUT2D eigenvalue weighted by Gasteiger charge is 2.42. The number of aliphatic carboxylic acids is 2. The van der Waals surface area contributed by atoms with Crippen LogP contribution in [0.4, 0.5) is 0 Å². The summed E-state index contributed by atoms with van der Waals surface area (Å²) in [6, 6.07) is 50.8. The van der Waals surface area contributed by atoms with Crippen molar-refractivity contribution >= 4 is 47.3 Å². The van der Waals surface area contributed by atoms with Crippen molar-refractivity contribution in [1.29, 1.82) is 0 Å². The molecule has 0 aliphatic rings. The largest absolute Gasteiger partial charge is 0.481 e. The number of carboxylic acid groups (broad SMARTS) is 2. The zero-order chi connectivity index (χ0) is 47.8. The van der Waals surface area contributed by atoms with Crippen molar-refractivity contribution < 1.29 is 39.0 Å². The van der Waals surface area contributed by atoms with Gasteiger partial charge in [0, 0.05) is 12.2 Å². The summed E-state index contributed by atoms with van der Waals surface area (Å²) in [5.41, 5.74) is 9.36. The Balaban J connectivity index is 1.40. The number of nitrogens with two attached hydrogens (primary N) is 1. The van der Waals surface area contributed by atoms with E-state index in [-0.39, 0.29) is 5.75 Å². The number of carbonyl (C=O) groups is 6. The van der Waals surface area contributed by atoms with E-state index in [4.69, 9.17) is 5.73 Å². The Morgan fingerprint density at radius 2 is 0.851 bits per heavy atom. The lowest BCUT2D eigenvalue weighted by atomic mass is 9.77. The predicted molar refractivity (Wildman–Crippen MR) is 258 cm³/mol. The molecule has 0 saturated carbocycles. The number of benzene rings is 6. The van der Waals surface area contributed by atoms with Crippen molar-refractivity contribution in [3.05, 3.63) is 215 Å². The van der Waals surface area contributed by atoms with E-state index in [2.05, 4.69) is 21.3 Å². The van der Waals surface area contributed by atoms with Crippen molar-refractivity contribution in [2.75, 3.05) is 5.75 Å². The van der Waals surface area contributed by atoms with Crippen LogP contribution in [0.5, 0.6) is 0 Å². The maximum atomic E-state index is 14.8. The van der Waals surface area contributed by atoms with Gasteiger partial charge in [0.15, 0.2) is 0 Å². The normalized spacial score (nSPS) is 13.2. The summed E-state index contributed by atoms with van der Waals surface area (Å²) in [7, 11) is 0. The Labute approximate surface area is 393 Å². The van der Waals surface area contributed by atoms with Crippen LogP contribution in [0.1, 0.15) is 59.6 Å².